The van der Waals surface area contributed by atoms with Gasteiger partial charge >= 0.3 is 5.97 Å². The largest absolute Gasteiger partial charge is 0.465 e. The Morgan fingerprint density at radius 1 is 1.27 bits per heavy atom. The molecule has 0 aliphatic heterocycles. The first-order valence-electron chi connectivity index (χ1n) is 6.50. The molecule has 0 aliphatic rings. The number of sulfonamides is 1. The molecule has 0 radical (unpaired) electrons. The molecule has 0 saturated heterocycles. The molecule has 0 saturated carbocycles. The highest BCUT2D eigenvalue weighted by Gasteiger charge is 2.23. The Bertz CT molecular complexity index is 596. The predicted molar refractivity (Wildman–Crippen MR) is 83.3 cm³/mol. The van der Waals surface area contributed by atoms with Gasteiger partial charge in [0.1, 0.15) is 5.82 Å². The minimum atomic E-state index is -3.99. The van der Waals surface area contributed by atoms with Gasteiger partial charge in [0.25, 0.3) is 0 Å². The average Bonchev–Trinajstić information content (AvgIpc) is 2.46. The number of methoxy groups -OCH3 is 1. The number of benzene rings is 1. The fourth-order valence-corrected chi connectivity index (χ4v) is 2.89. The summed E-state index contributed by atoms with van der Waals surface area (Å²) in [6, 6.07) is 2.90. The van der Waals surface area contributed by atoms with E-state index in [2.05, 4.69) is 14.8 Å². The van der Waals surface area contributed by atoms with Crippen LogP contribution in [0.4, 0.5) is 4.39 Å². The van der Waals surface area contributed by atoms with Gasteiger partial charge in [0.05, 0.1) is 17.6 Å². The lowest BCUT2D eigenvalue weighted by Crippen LogP contribution is -2.33. The zero-order chi connectivity index (χ0) is 15.9. The smallest absolute Gasteiger partial charge is 0.339 e. The van der Waals surface area contributed by atoms with Gasteiger partial charge in [-0.3, -0.25) is 0 Å². The molecule has 0 atom stereocenters. The fourth-order valence-electron chi connectivity index (χ4n) is 1.65. The molecule has 2 N–H and O–H groups in total. The van der Waals surface area contributed by atoms with Gasteiger partial charge in [-0.15, -0.1) is 12.4 Å². The van der Waals surface area contributed by atoms with Crippen LogP contribution < -0.4 is 10.0 Å². The second-order valence-electron chi connectivity index (χ2n) is 4.28. The summed E-state index contributed by atoms with van der Waals surface area (Å²) in [7, 11) is -2.86. The molecule has 1 aromatic rings. The monoisotopic (exact) mass is 354 g/mol. The second kappa shape index (κ2) is 9.73. The Labute approximate surface area is 135 Å². The molecule has 0 spiro atoms. The van der Waals surface area contributed by atoms with Crippen LogP contribution >= 0.6 is 12.4 Å². The molecule has 22 heavy (non-hydrogen) atoms. The minimum absolute atomic E-state index is 0. The van der Waals surface area contributed by atoms with Crippen molar-refractivity contribution in [3.63, 3.8) is 0 Å². The van der Waals surface area contributed by atoms with Gasteiger partial charge in [0.15, 0.2) is 0 Å². The number of hydrogen-bond donors (Lipinski definition) is 2. The van der Waals surface area contributed by atoms with Gasteiger partial charge in [-0.05, 0) is 31.2 Å². The van der Waals surface area contributed by atoms with Gasteiger partial charge < -0.3 is 10.1 Å². The Morgan fingerprint density at radius 2 is 1.95 bits per heavy atom. The van der Waals surface area contributed by atoms with Crippen molar-refractivity contribution in [3.05, 3.63) is 29.6 Å². The van der Waals surface area contributed by atoms with E-state index in [0.29, 0.717) is 6.54 Å². The van der Waals surface area contributed by atoms with E-state index in [0.717, 1.165) is 38.3 Å². The van der Waals surface area contributed by atoms with Crippen LogP contribution in [0.5, 0.6) is 0 Å². The fraction of sp³-hybridized carbons (Fsp3) is 0.462. The molecule has 126 valence electrons. The lowest BCUT2D eigenvalue weighted by molar-refractivity contribution is 0.0596. The van der Waals surface area contributed by atoms with Gasteiger partial charge in [-0.25, -0.2) is 22.3 Å². The Morgan fingerprint density at radius 3 is 2.55 bits per heavy atom. The van der Waals surface area contributed by atoms with Crippen molar-refractivity contribution in [3.8, 4) is 0 Å². The summed E-state index contributed by atoms with van der Waals surface area (Å²) in [5.41, 5.74) is -0.201. The first-order valence-corrected chi connectivity index (χ1v) is 7.99. The van der Waals surface area contributed by atoms with E-state index in [1.54, 1.807) is 0 Å². The molecule has 0 heterocycles. The molecule has 0 aliphatic carbocycles. The van der Waals surface area contributed by atoms with E-state index >= 15 is 0 Å². The predicted octanol–water partition coefficient (Wildman–Crippen LogP) is 1.31. The highest BCUT2D eigenvalue weighted by atomic mass is 35.5. The zero-order valence-electron chi connectivity index (χ0n) is 12.4. The van der Waals surface area contributed by atoms with E-state index in [9.17, 15) is 17.6 Å². The number of hydrogen-bond acceptors (Lipinski definition) is 5. The number of esters is 1. The standard InChI is InChI=1S/C13H19FN2O4S.ClH/c1-3-6-15-7-8-16-21(18,19)12-9-10(14)4-5-11(12)13(17)20-2;/h4-5,9,15-16H,3,6-8H2,1-2H3;1H. The molecule has 0 aromatic heterocycles. The van der Waals surface area contributed by atoms with E-state index in [-0.39, 0.29) is 24.5 Å². The number of halogens is 2. The van der Waals surface area contributed by atoms with Crippen molar-refractivity contribution in [2.75, 3.05) is 26.7 Å². The SMILES string of the molecule is CCCNCCNS(=O)(=O)c1cc(F)ccc1C(=O)OC.Cl. The molecule has 6 nitrogen and oxygen atoms in total. The van der Waals surface area contributed by atoms with E-state index in [1.165, 1.54) is 0 Å². The molecule has 0 fully saturated rings. The average molecular weight is 355 g/mol. The summed E-state index contributed by atoms with van der Waals surface area (Å²) in [6.45, 7) is 3.34. The van der Waals surface area contributed by atoms with Crippen molar-refractivity contribution in [2.45, 2.75) is 18.2 Å². The number of ether oxygens (including phenoxy) is 1. The molecule has 0 bridgehead atoms. The van der Waals surface area contributed by atoms with Crippen LogP contribution in [0, 0.1) is 5.82 Å². The van der Waals surface area contributed by atoms with Crippen LogP contribution in [0.2, 0.25) is 0 Å². The van der Waals surface area contributed by atoms with E-state index in [1.807, 2.05) is 6.92 Å². The van der Waals surface area contributed by atoms with Gasteiger partial charge in [-0.2, -0.15) is 0 Å². The number of carbonyl (C=O) groups excluding carboxylic acids is 1. The molecule has 9 heteroatoms. The number of rotatable bonds is 8. The lowest BCUT2D eigenvalue weighted by atomic mass is 10.2. The van der Waals surface area contributed by atoms with E-state index < -0.39 is 26.7 Å². The van der Waals surface area contributed by atoms with Crippen molar-refractivity contribution in [1.82, 2.24) is 10.0 Å². The van der Waals surface area contributed by atoms with Crippen LogP contribution in [0.25, 0.3) is 0 Å². The van der Waals surface area contributed by atoms with Crippen LogP contribution in [0.15, 0.2) is 23.1 Å². The lowest BCUT2D eigenvalue weighted by Gasteiger charge is -2.11. The van der Waals surface area contributed by atoms with Gasteiger partial charge in [0, 0.05) is 13.1 Å². The Kier molecular flexibility index (Phi) is 9.19. The minimum Gasteiger partial charge on any atom is -0.465 e. The van der Waals surface area contributed by atoms with Crippen molar-refractivity contribution >= 4 is 28.4 Å². The molecule has 0 unspecified atom stereocenters. The third-order valence-corrected chi connectivity index (χ3v) is 4.16. The normalized spacial score (nSPS) is 10.9. The Balaban J connectivity index is 0.00000441. The van der Waals surface area contributed by atoms with Gasteiger partial charge in [0.2, 0.25) is 10.0 Å². The van der Waals surface area contributed by atoms with Crippen LogP contribution in [-0.2, 0) is 14.8 Å². The van der Waals surface area contributed by atoms with Crippen molar-refractivity contribution in [1.29, 1.82) is 0 Å². The summed E-state index contributed by atoms with van der Waals surface area (Å²) in [5.74, 6) is -1.58. The summed E-state index contributed by atoms with van der Waals surface area (Å²) >= 11 is 0. The summed E-state index contributed by atoms with van der Waals surface area (Å²) in [4.78, 5) is 11.1. The molecular weight excluding hydrogens is 335 g/mol. The van der Waals surface area contributed by atoms with Crippen LogP contribution in [-0.4, -0.2) is 41.1 Å². The summed E-state index contributed by atoms with van der Waals surface area (Å²) in [5, 5.41) is 3.03. The van der Waals surface area contributed by atoms with Crippen LogP contribution in [0.1, 0.15) is 23.7 Å². The highest BCUT2D eigenvalue weighted by molar-refractivity contribution is 7.89. The molecular formula is C13H20ClFN2O4S. The third-order valence-electron chi connectivity index (χ3n) is 2.66. The maximum atomic E-state index is 13.3. The number of carbonyl (C=O) groups is 1. The topological polar surface area (TPSA) is 84.5 Å². The quantitative estimate of drug-likeness (QED) is 0.543. The first-order chi connectivity index (χ1) is 9.92. The van der Waals surface area contributed by atoms with Crippen LogP contribution in [0.3, 0.4) is 0 Å². The maximum Gasteiger partial charge on any atom is 0.339 e. The molecule has 0 amide bonds. The second-order valence-corrected chi connectivity index (χ2v) is 6.02. The Hall–Kier alpha value is -1.22. The zero-order valence-corrected chi connectivity index (χ0v) is 14.0. The summed E-state index contributed by atoms with van der Waals surface area (Å²) < 4.78 is 44.4. The van der Waals surface area contributed by atoms with Crippen molar-refractivity contribution < 1.29 is 22.3 Å². The summed E-state index contributed by atoms with van der Waals surface area (Å²) in [6.07, 6.45) is 0.934. The molecule has 1 rings (SSSR count). The van der Waals surface area contributed by atoms with E-state index in [4.69, 9.17) is 0 Å². The van der Waals surface area contributed by atoms with Gasteiger partial charge in [-0.1, -0.05) is 6.92 Å². The first kappa shape index (κ1) is 20.8. The van der Waals surface area contributed by atoms with Crippen molar-refractivity contribution in [2.24, 2.45) is 0 Å². The molecule has 1 aromatic carbocycles. The highest BCUT2D eigenvalue weighted by Crippen LogP contribution is 2.18. The number of nitrogens with one attached hydrogen (secondary N) is 2. The maximum absolute atomic E-state index is 13.3. The third kappa shape index (κ3) is 5.88.